The Bertz CT molecular complexity index is 703. The van der Waals surface area contributed by atoms with E-state index in [2.05, 4.69) is 5.32 Å². The summed E-state index contributed by atoms with van der Waals surface area (Å²) < 4.78 is 17.9. The van der Waals surface area contributed by atoms with Crippen LogP contribution in [0.15, 0.2) is 48.5 Å². The first-order valence-corrected chi connectivity index (χ1v) is 7.31. The van der Waals surface area contributed by atoms with Gasteiger partial charge >= 0.3 is 5.97 Å². The zero-order valence-corrected chi connectivity index (χ0v) is 13.1. The number of carbonyl (C=O) groups excluding carboxylic acids is 2. The summed E-state index contributed by atoms with van der Waals surface area (Å²) >= 11 is 5.80. The summed E-state index contributed by atoms with van der Waals surface area (Å²) in [5.74, 6) is -1.74. The summed E-state index contributed by atoms with van der Waals surface area (Å²) in [7, 11) is 0. The Morgan fingerprint density at radius 1 is 1.22 bits per heavy atom. The Morgan fingerprint density at radius 3 is 2.57 bits per heavy atom. The summed E-state index contributed by atoms with van der Waals surface area (Å²) in [4.78, 5) is 23.5. The highest BCUT2D eigenvalue weighted by molar-refractivity contribution is 6.30. The standard InChI is InChI=1S/C17H15ClFNO3/c1-11(12-5-7-14(18)8-6-12)20-16(21)10-23-17(22)13-3-2-4-15(19)9-13/h2-9,11H,10H2,1H3,(H,20,21)/t11-/m1/s1. The molecule has 0 saturated heterocycles. The molecule has 0 heterocycles. The van der Waals surface area contributed by atoms with Gasteiger partial charge < -0.3 is 10.1 Å². The van der Waals surface area contributed by atoms with Gasteiger partial charge in [0.1, 0.15) is 5.82 Å². The van der Waals surface area contributed by atoms with Crippen molar-refractivity contribution < 1.29 is 18.7 Å². The van der Waals surface area contributed by atoms with Gasteiger partial charge in [0.15, 0.2) is 6.61 Å². The molecule has 0 bridgehead atoms. The average molecular weight is 336 g/mol. The minimum Gasteiger partial charge on any atom is -0.452 e. The van der Waals surface area contributed by atoms with Crippen LogP contribution in [0, 0.1) is 5.82 Å². The van der Waals surface area contributed by atoms with Gasteiger partial charge in [-0.3, -0.25) is 4.79 Å². The monoisotopic (exact) mass is 335 g/mol. The summed E-state index contributed by atoms with van der Waals surface area (Å²) in [6.07, 6.45) is 0. The fraction of sp³-hybridized carbons (Fsp3) is 0.176. The molecule has 0 aliphatic heterocycles. The molecule has 120 valence electrons. The fourth-order valence-corrected chi connectivity index (χ4v) is 2.07. The lowest BCUT2D eigenvalue weighted by Crippen LogP contribution is -2.31. The second-order valence-corrected chi connectivity index (χ2v) is 5.36. The van der Waals surface area contributed by atoms with E-state index >= 15 is 0 Å². The molecule has 0 radical (unpaired) electrons. The first-order valence-electron chi connectivity index (χ1n) is 6.93. The predicted octanol–water partition coefficient (Wildman–Crippen LogP) is 3.51. The van der Waals surface area contributed by atoms with Crippen molar-refractivity contribution in [3.8, 4) is 0 Å². The first kappa shape index (κ1) is 17.0. The van der Waals surface area contributed by atoms with E-state index in [4.69, 9.17) is 16.3 Å². The van der Waals surface area contributed by atoms with E-state index in [1.54, 1.807) is 31.2 Å². The minimum absolute atomic E-state index is 0.0588. The molecule has 1 N–H and O–H groups in total. The second-order valence-electron chi connectivity index (χ2n) is 4.93. The van der Waals surface area contributed by atoms with E-state index in [9.17, 15) is 14.0 Å². The van der Waals surface area contributed by atoms with Crippen molar-refractivity contribution in [1.82, 2.24) is 5.32 Å². The van der Waals surface area contributed by atoms with Gasteiger partial charge in [0.2, 0.25) is 0 Å². The topological polar surface area (TPSA) is 55.4 Å². The van der Waals surface area contributed by atoms with Crippen LogP contribution >= 0.6 is 11.6 Å². The smallest absolute Gasteiger partial charge is 0.338 e. The third-order valence-corrected chi connectivity index (χ3v) is 3.39. The molecule has 0 aliphatic rings. The van der Waals surface area contributed by atoms with Crippen molar-refractivity contribution in [3.63, 3.8) is 0 Å². The number of carbonyl (C=O) groups is 2. The average Bonchev–Trinajstić information content (AvgIpc) is 2.53. The first-order chi connectivity index (χ1) is 11.0. The van der Waals surface area contributed by atoms with E-state index in [1.807, 2.05) is 0 Å². The third kappa shape index (κ3) is 5.07. The van der Waals surface area contributed by atoms with E-state index in [-0.39, 0.29) is 11.6 Å². The molecule has 0 fully saturated rings. The molecule has 0 aromatic heterocycles. The van der Waals surface area contributed by atoms with Gasteiger partial charge in [0.05, 0.1) is 11.6 Å². The molecular weight excluding hydrogens is 321 g/mol. The van der Waals surface area contributed by atoms with Crippen LogP contribution in [0.25, 0.3) is 0 Å². The molecule has 0 spiro atoms. The molecule has 0 saturated carbocycles. The number of hydrogen-bond donors (Lipinski definition) is 1. The van der Waals surface area contributed by atoms with Crippen molar-refractivity contribution >= 4 is 23.5 Å². The largest absolute Gasteiger partial charge is 0.452 e. The van der Waals surface area contributed by atoms with Gasteiger partial charge in [-0.1, -0.05) is 29.8 Å². The summed E-state index contributed by atoms with van der Waals surface area (Å²) in [6.45, 7) is 1.36. The zero-order chi connectivity index (χ0) is 16.8. The Kier molecular flexibility index (Phi) is 5.71. The van der Waals surface area contributed by atoms with Gasteiger partial charge in [0.25, 0.3) is 5.91 Å². The van der Waals surface area contributed by atoms with Gasteiger partial charge in [-0.15, -0.1) is 0 Å². The SMILES string of the molecule is C[C@@H](NC(=O)COC(=O)c1cccc(F)c1)c1ccc(Cl)cc1. The molecule has 0 unspecified atom stereocenters. The maximum Gasteiger partial charge on any atom is 0.338 e. The molecule has 1 amide bonds. The Balaban J connectivity index is 1.85. The number of benzene rings is 2. The zero-order valence-electron chi connectivity index (χ0n) is 12.4. The molecule has 2 aromatic carbocycles. The molecule has 1 atom stereocenters. The van der Waals surface area contributed by atoms with Crippen molar-refractivity contribution in [2.24, 2.45) is 0 Å². The number of hydrogen-bond acceptors (Lipinski definition) is 3. The number of esters is 1. The lowest BCUT2D eigenvalue weighted by Gasteiger charge is -2.14. The number of ether oxygens (including phenoxy) is 1. The van der Waals surface area contributed by atoms with Crippen LogP contribution in [-0.2, 0) is 9.53 Å². The summed E-state index contributed by atoms with van der Waals surface area (Å²) in [5.41, 5.74) is 0.933. The van der Waals surface area contributed by atoms with Gasteiger partial charge in [0, 0.05) is 5.02 Å². The quantitative estimate of drug-likeness (QED) is 0.851. The number of nitrogens with one attached hydrogen (secondary N) is 1. The van der Waals surface area contributed by atoms with Gasteiger partial charge in [-0.2, -0.15) is 0 Å². The molecular formula is C17H15ClFNO3. The fourth-order valence-electron chi connectivity index (χ4n) is 1.95. The maximum absolute atomic E-state index is 13.0. The molecule has 4 nitrogen and oxygen atoms in total. The van der Waals surface area contributed by atoms with Crippen LogP contribution in [-0.4, -0.2) is 18.5 Å². The van der Waals surface area contributed by atoms with Crippen molar-refractivity contribution in [1.29, 1.82) is 0 Å². The lowest BCUT2D eigenvalue weighted by molar-refractivity contribution is -0.124. The summed E-state index contributed by atoms with van der Waals surface area (Å²) in [6, 6.07) is 11.9. The number of rotatable bonds is 5. The van der Waals surface area contributed by atoms with Crippen molar-refractivity contribution in [2.45, 2.75) is 13.0 Å². The van der Waals surface area contributed by atoms with Crippen LogP contribution in [0.1, 0.15) is 28.9 Å². The highest BCUT2D eigenvalue weighted by atomic mass is 35.5. The minimum atomic E-state index is -0.751. The van der Waals surface area contributed by atoms with Crippen molar-refractivity contribution in [3.05, 3.63) is 70.5 Å². The van der Waals surface area contributed by atoms with E-state index in [1.165, 1.54) is 18.2 Å². The normalized spacial score (nSPS) is 11.6. The van der Waals surface area contributed by atoms with Crippen LogP contribution < -0.4 is 5.32 Å². The number of amides is 1. The van der Waals surface area contributed by atoms with Gasteiger partial charge in [-0.25, -0.2) is 9.18 Å². The number of halogens is 2. The van der Waals surface area contributed by atoms with Crippen LogP contribution in [0.5, 0.6) is 0 Å². The highest BCUT2D eigenvalue weighted by Crippen LogP contribution is 2.15. The van der Waals surface area contributed by atoms with Crippen LogP contribution in [0.2, 0.25) is 5.02 Å². The second kappa shape index (κ2) is 7.74. The highest BCUT2D eigenvalue weighted by Gasteiger charge is 2.13. The predicted molar refractivity (Wildman–Crippen MR) is 84.7 cm³/mol. The molecule has 2 aromatic rings. The van der Waals surface area contributed by atoms with Crippen molar-refractivity contribution in [2.75, 3.05) is 6.61 Å². The third-order valence-electron chi connectivity index (χ3n) is 3.14. The Morgan fingerprint density at radius 2 is 1.91 bits per heavy atom. The van der Waals surface area contributed by atoms with E-state index in [0.717, 1.165) is 11.6 Å². The lowest BCUT2D eigenvalue weighted by atomic mass is 10.1. The molecule has 2 rings (SSSR count). The molecule has 23 heavy (non-hydrogen) atoms. The summed E-state index contributed by atoms with van der Waals surface area (Å²) in [5, 5.41) is 3.31. The Labute approximate surface area is 138 Å². The van der Waals surface area contributed by atoms with E-state index < -0.39 is 24.3 Å². The molecule has 0 aliphatic carbocycles. The Hall–Kier alpha value is -2.40. The van der Waals surface area contributed by atoms with Crippen LogP contribution in [0.4, 0.5) is 4.39 Å². The van der Waals surface area contributed by atoms with E-state index in [0.29, 0.717) is 5.02 Å². The maximum atomic E-state index is 13.0. The van der Waals surface area contributed by atoms with Gasteiger partial charge in [-0.05, 0) is 42.8 Å². The molecule has 6 heteroatoms. The van der Waals surface area contributed by atoms with Crippen LogP contribution in [0.3, 0.4) is 0 Å².